The first-order valence-electron chi connectivity index (χ1n) is 4.50. The van der Waals surface area contributed by atoms with Crippen molar-refractivity contribution in [2.45, 2.75) is 19.2 Å². The molecule has 0 fully saturated rings. The number of halogens is 1. The van der Waals surface area contributed by atoms with E-state index in [0.29, 0.717) is 5.56 Å². The van der Waals surface area contributed by atoms with Gasteiger partial charge in [0.2, 0.25) is 0 Å². The summed E-state index contributed by atoms with van der Waals surface area (Å²) in [6.45, 7) is 3.72. The average molecular weight is 229 g/mol. The molecule has 1 aromatic rings. The summed E-state index contributed by atoms with van der Waals surface area (Å²) in [5.41, 5.74) is 2.39. The van der Waals surface area contributed by atoms with Gasteiger partial charge in [0.25, 0.3) is 0 Å². The van der Waals surface area contributed by atoms with Gasteiger partial charge in [-0.05, 0) is 36.6 Å². The van der Waals surface area contributed by atoms with Crippen LogP contribution in [0.25, 0.3) is 0 Å². The molecule has 82 valence electrons. The average Bonchev–Trinajstić information content (AvgIpc) is 2.21. The Balaban J connectivity index is 3.23. The van der Waals surface area contributed by atoms with Crippen molar-refractivity contribution < 1.29 is 14.6 Å². The smallest absolute Gasteiger partial charge is 0.326 e. The summed E-state index contributed by atoms with van der Waals surface area (Å²) in [5, 5.41) is 7.81. The van der Waals surface area contributed by atoms with Gasteiger partial charge in [-0.15, -0.1) is 11.6 Å². The van der Waals surface area contributed by atoms with E-state index in [2.05, 4.69) is 0 Å². The monoisotopic (exact) mass is 228 g/mol. The molecule has 0 aromatic heterocycles. The molecule has 15 heavy (non-hydrogen) atoms. The van der Waals surface area contributed by atoms with Crippen LogP contribution in [0.1, 0.15) is 22.1 Å². The Kier molecular flexibility index (Phi) is 3.58. The minimum atomic E-state index is -1.04. The van der Waals surface area contributed by atoms with Crippen molar-refractivity contribution in [3.8, 4) is 5.75 Å². The highest BCUT2D eigenvalue weighted by atomic mass is 35.5. The molecule has 0 heterocycles. The number of benzene rings is 1. The molecule has 0 aliphatic rings. The van der Waals surface area contributed by atoms with Crippen molar-refractivity contribution >= 4 is 17.6 Å². The number of ether oxygens (including phenoxy) is 1. The standard InChI is InChI=1S/C11H13ClO3/c1-6-7(2)9(15-3)5-4-8(6)10(12)11(13)14/h4-5,10H,1-3H3,(H,13,14). The largest absolute Gasteiger partial charge is 0.496 e. The van der Waals surface area contributed by atoms with Crippen LogP contribution in [0.2, 0.25) is 0 Å². The highest BCUT2D eigenvalue weighted by Gasteiger charge is 2.20. The number of aliphatic carboxylic acids is 1. The molecule has 1 rings (SSSR count). The fraction of sp³-hybridized carbons (Fsp3) is 0.364. The van der Waals surface area contributed by atoms with Crippen molar-refractivity contribution in [2.75, 3.05) is 7.11 Å². The number of hydrogen-bond acceptors (Lipinski definition) is 2. The van der Waals surface area contributed by atoms with E-state index in [1.54, 1.807) is 19.2 Å². The third-order valence-corrected chi connectivity index (χ3v) is 2.91. The lowest BCUT2D eigenvalue weighted by Crippen LogP contribution is -2.07. The molecule has 1 N–H and O–H groups in total. The normalized spacial score (nSPS) is 12.3. The second kappa shape index (κ2) is 4.53. The predicted octanol–water partition coefficient (Wildman–Crippen LogP) is 2.68. The zero-order valence-electron chi connectivity index (χ0n) is 8.87. The highest BCUT2D eigenvalue weighted by molar-refractivity contribution is 6.29. The minimum Gasteiger partial charge on any atom is -0.496 e. The number of carbonyl (C=O) groups is 1. The third kappa shape index (κ3) is 2.23. The van der Waals surface area contributed by atoms with E-state index in [0.717, 1.165) is 16.9 Å². The first kappa shape index (κ1) is 11.9. The van der Waals surface area contributed by atoms with Gasteiger partial charge in [0.05, 0.1) is 7.11 Å². The van der Waals surface area contributed by atoms with E-state index in [1.807, 2.05) is 13.8 Å². The maximum absolute atomic E-state index is 10.8. The molecule has 1 aromatic carbocycles. The van der Waals surface area contributed by atoms with Crippen LogP contribution in [0, 0.1) is 13.8 Å². The number of carboxylic acids is 1. The van der Waals surface area contributed by atoms with Crippen molar-refractivity contribution in [3.05, 3.63) is 28.8 Å². The van der Waals surface area contributed by atoms with Crippen LogP contribution in [-0.4, -0.2) is 18.2 Å². The van der Waals surface area contributed by atoms with E-state index >= 15 is 0 Å². The Morgan fingerprint density at radius 1 is 1.40 bits per heavy atom. The third-order valence-electron chi connectivity index (χ3n) is 2.49. The van der Waals surface area contributed by atoms with Gasteiger partial charge in [-0.25, -0.2) is 0 Å². The van der Waals surface area contributed by atoms with Gasteiger partial charge in [-0.1, -0.05) is 6.07 Å². The molecular weight excluding hydrogens is 216 g/mol. The van der Waals surface area contributed by atoms with Crippen LogP contribution in [0.3, 0.4) is 0 Å². The van der Waals surface area contributed by atoms with Crippen molar-refractivity contribution in [2.24, 2.45) is 0 Å². The molecular formula is C11H13ClO3. The van der Waals surface area contributed by atoms with Crippen LogP contribution < -0.4 is 4.74 Å². The van der Waals surface area contributed by atoms with Crippen LogP contribution in [0.5, 0.6) is 5.75 Å². The Hall–Kier alpha value is -1.22. The fourth-order valence-corrected chi connectivity index (χ4v) is 1.68. The van der Waals surface area contributed by atoms with E-state index in [1.165, 1.54) is 0 Å². The summed E-state index contributed by atoms with van der Waals surface area (Å²) >= 11 is 5.77. The number of hydrogen-bond donors (Lipinski definition) is 1. The van der Waals surface area contributed by atoms with Crippen molar-refractivity contribution in [1.29, 1.82) is 0 Å². The van der Waals surface area contributed by atoms with Crippen LogP contribution in [0.15, 0.2) is 12.1 Å². The Labute approximate surface area is 93.6 Å². The summed E-state index contributed by atoms with van der Waals surface area (Å²) in [5.74, 6) is -0.296. The summed E-state index contributed by atoms with van der Waals surface area (Å²) in [6.07, 6.45) is 0. The van der Waals surface area contributed by atoms with Crippen LogP contribution >= 0.6 is 11.6 Å². The SMILES string of the molecule is COc1ccc(C(Cl)C(=O)O)c(C)c1C. The number of rotatable bonds is 3. The molecule has 0 aliphatic carbocycles. The summed E-state index contributed by atoms with van der Waals surface area (Å²) in [6, 6.07) is 3.42. The predicted molar refractivity (Wildman–Crippen MR) is 58.7 cm³/mol. The molecule has 0 aliphatic heterocycles. The van der Waals surface area contributed by atoms with E-state index < -0.39 is 11.3 Å². The molecule has 0 saturated heterocycles. The lowest BCUT2D eigenvalue weighted by atomic mass is 10.00. The highest BCUT2D eigenvalue weighted by Crippen LogP contribution is 2.30. The van der Waals surface area contributed by atoms with E-state index in [-0.39, 0.29) is 0 Å². The Morgan fingerprint density at radius 3 is 2.47 bits per heavy atom. The van der Waals surface area contributed by atoms with Gasteiger partial charge < -0.3 is 9.84 Å². The number of methoxy groups -OCH3 is 1. The first-order valence-corrected chi connectivity index (χ1v) is 4.93. The molecule has 1 unspecified atom stereocenters. The molecule has 3 nitrogen and oxygen atoms in total. The molecule has 1 atom stereocenters. The van der Waals surface area contributed by atoms with Gasteiger partial charge in [0.1, 0.15) is 5.75 Å². The first-order chi connectivity index (χ1) is 6.99. The topological polar surface area (TPSA) is 46.5 Å². The molecule has 0 saturated carbocycles. The van der Waals surface area contributed by atoms with Crippen LogP contribution in [-0.2, 0) is 4.79 Å². The summed E-state index contributed by atoms with van der Waals surface area (Å²) in [4.78, 5) is 10.8. The molecule has 0 bridgehead atoms. The fourth-order valence-electron chi connectivity index (χ4n) is 1.45. The van der Waals surface area contributed by atoms with Crippen molar-refractivity contribution in [3.63, 3.8) is 0 Å². The molecule has 0 spiro atoms. The maximum Gasteiger partial charge on any atom is 0.326 e. The zero-order valence-corrected chi connectivity index (χ0v) is 9.63. The Bertz CT molecular complexity index is 388. The van der Waals surface area contributed by atoms with Crippen molar-refractivity contribution in [1.82, 2.24) is 0 Å². The lowest BCUT2D eigenvalue weighted by molar-refractivity contribution is -0.136. The van der Waals surface area contributed by atoms with Gasteiger partial charge in [0, 0.05) is 0 Å². The van der Waals surface area contributed by atoms with E-state index in [4.69, 9.17) is 21.4 Å². The van der Waals surface area contributed by atoms with E-state index in [9.17, 15) is 4.79 Å². The number of alkyl halides is 1. The summed E-state index contributed by atoms with van der Waals surface area (Å²) < 4.78 is 5.13. The second-order valence-corrected chi connectivity index (χ2v) is 3.74. The zero-order chi connectivity index (χ0) is 11.6. The van der Waals surface area contributed by atoms with Gasteiger partial charge in [-0.3, -0.25) is 4.79 Å². The maximum atomic E-state index is 10.8. The molecule has 0 amide bonds. The molecule has 0 radical (unpaired) electrons. The Morgan fingerprint density at radius 2 is 2.00 bits per heavy atom. The summed E-state index contributed by atoms with van der Waals surface area (Å²) in [7, 11) is 1.58. The quantitative estimate of drug-likeness (QED) is 0.810. The van der Waals surface area contributed by atoms with Gasteiger partial charge >= 0.3 is 5.97 Å². The van der Waals surface area contributed by atoms with Gasteiger partial charge in [0.15, 0.2) is 5.38 Å². The lowest BCUT2D eigenvalue weighted by Gasteiger charge is -2.13. The molecule has 4 heteroatoms. The second-order valence-electron chi connectivity index (χ2n) is 3.31. The van der Waals surface area contributed by atoms with Gasteiger partial charge in [-0.2, -0.15) is 0 Å². The minimum absolute atomic E-state index is 0.613. The number of carboxylic acid groups (broad SMARTS) is 1. The van der Waals surface area contributed by atoms with Crippen LogP contribution in [0.4, 0.5) is 0 Å².